The van der Waals surface area contributed by atoms with Gasteiger partial charge in [-0.05, 0) is 32.0 Å². The second kappa shape index (κ2) is 7.00. The average molecular weight is 311 g/mol. The summed E-state index contributed by atoms with van der Waals surface area (Å²) in [5.41, 5.74) is 0.747. The predicted molar refractivity (Wildman–Crippen MR) is 81.9 cm³/mol. The smallest absolute Gasteiger partial charge is 0.142 e. The molecule has 2 rings (SSSR count). The Labute approximate surface area is 129 Å². The number of hydrogen-bond acceptors (Lipinski definition) is 3. The summed E-state index contributed by atoms with van der Waals surface area (Å²) in [7, 11) is 0. The van der Waals surface area contributed by atoms with Gasteiger partial charge in [-0.2, -0.15) is 5.10 Å². The third-order valence-corrected chi connectivity index (χ3v) is 3.73. The summed E-state index contributed by atoms with van der Waals surface area (Å²) in [6.45, 7) is 6.87. The lowest BCUT2D eigenvalue weighted by Gasteiger charge is -2.20. The van der Waals surface area contributed by atoms with Gasteiger partial charge in [0, 0.05) is 18.5 Å². The van der Waals surface area contributed by atoms with Crippen molar-refractivity contribution in [2.45, 2.75) is 39.3 Å². The van der Waals surface area contributed by atoms with Crippen LogP contribution in [0, 0.1) is 5.82 Å². The maximum absolute atomic E-state index is 13.7. The molecular formula is C15H20ClFN4. The monoisotopic (exact) mass is 310 g/mol. The van der Waals surface area contributed by atoms with E-state index < -0.39 is 5.82 Å². The van der Waals surface area contributed by atoms with Crippen molar-refractivity contribution >= 4 is 11.6 Å². The number of hydrogen-bond donors (Lipinski definition) is 1. The summed E-state index contributed by atoms with van der Waals surface area (Å²) >= 11 is 6.11. The lowest BCUT2D eigenvalue weighted by atomic mass is 10.0. The average Bonchev–Trinajstić information content (AvgIpc) is 2.90. The van der Waals surface area contributed by atoms with E-state index in [1.165, 1.54) is 6.07 Å². The molecular weight excluding hydrogens is 291 g/mol. The van der Waals surface area contributed by atoms with Gasteiger partial charge in [0.2, 0.25) is 0 Å². The van der Waals surface area contributed by atoms with E-state index in [1.54, 1.807) is 12.4 Å². The van der Waals surface area contributed by atoms with Gasteiger partial charge in [-0.15, -0.1) is 0 Å². The number of nitrogens with zero attached hydrogens (tertiary/aromatic N) is 3. The van der Waals surface area contributed by atoms with Crippen molar-refractivity contribution in [2.24, 2.45) is 0 Å². The number of likely N-dealkylation sites (N-methyl/N-ethyl adjacent to an activating group) is 1. The molecule has 21 heavy (non-hydrogen) atoms. The molecule has 0 aliphatic rings. The number of aromatic nitrogens is 3. The highest BCUT2D eigenvalue weighted by molar-refractivity contribution is 6.31. The summed E-state index contributed by atoms with van der Waals surface area (Å²) in [5, 5.41) is 7.74. The van der Waals surface area contributed by atoms with Crippen molar-refractivity contribution in [2.75, 3.05) is 6.54 Å². The third kappa shape index (κ3) is 3.60. The van der Waals surface area contributed by atoms with Crippen LogP contribution in [0.3, 0.4) is 0 Å². The molecule has 6 heteroatoms. The molecule has 0 spiro atoms. The quantitative estimate of drug-likeness (QED) is 0.887. The topological polar surface area (TPSA) is 42.7 Å². The molecule has 0 saturated heterocycles. The molecule has 1 unspecified atom stereocenters. The predicted octanol–water partition coefficient (Wildman–Crippen LogP) is 3.54. The lowest BCUT2D eigenvalue weighted by molar-refractivity contribution is 0.467. The molecule has 1 aromatic carbocycles. The molecule has 1 heterocycles. The van der Waals surface area contributed by atoms with E-state index in [4.69, 9.17) is 11.6 Å². The minimum atomic E-state index is -0.401. The van der Waals surface area contributed by atoms with Crippen molar-refractivity contribution in [3.8, 4) is 0 Å². The maximum Gasteiger partial charge on any atom is 0.142 e. The zero-order chi connectivity index (χ0) is 15.4. The highest BCUT2D eigenvalue weighted by atomic mass is 35.5. The molecule has 0 saturated carbocycles. The van der Waals surface area contributed by atoms with Crippen LogP contribution < -0.4 is 5.32 Å². The summed E-state index contributed by atoms with van der Waals surface area (Å²) in [6, 6.07) is 5.02. The lowest BCUT2D eigenvalue weighted by Crippen LogP contribution is -2.25. The first kappa shape index (κ1) is 15.9. The molecule has 2 aromatic rings. The Morgan fingerprint density at radius 1 is 1.38 bits per heavy atom. The van der Waals surface area contributed by atoms with Crippen LogP contribution in [0.15, 0.2) is 24.5 Å². The van der Waals surface area contributed by atoms with Gasteiger partial charge in [0.05, 0.1) is 5.02 Å². The van der Waals surface area contributed by atoms with Gasteiger partial charge >= 0.3 is 0 Å². The van der Waals surface area contributed by atoms with Gasteiger partial charge < -0.3 is 5.32 Å². The second-order valence-electron chi connectivity index (χ2n) is 5.17. The molecule has 114 valence electrons. The number of benzene rings is 1. The van der Waals surface area contributed by atoms with E-state index in [0.29, 0.717) is 6.42 Å². The van der Waals surface area contributed by atoms with E-state index in [9.17, 15) is 4.39 Å². The summed E-state index contributed by atoms with van der Waals surface area (Å²) in [5.74, 6) is 0.457. The molecule has 4 nitrogen and oxygen atoms in total. The van der Waals surface area contributed by atoms with Gasteiger partial charge in [-0.1, -0.05) is 30.7 Å². The van der Waals surface area contributed by atoms with Crippen molar-refractivity contribution in [1.29, 1.82) is 0 Å². The number of nitrogens with one attached hydrogen (secondary N) is 1. The Morgan fingerprint density at radius 2 is 2.14 bits per heavy atom. The van der Waals surface area contributed by atoms with Crippen LogP contribution in [0.2, 0.25) is 5.02 Å². The van der Waals surface area contributed by atoms with Crippen LogP contribution in [-0.4, -0.2) is 21.3 Å². The maximum atomic E-state index is 13.7. The first-order valence-corrected chi connectivity index (χ1v) is 7.48. The standard InChI is InChI=1S/C15H20ClFN4/c1-4-18-13(11-6-5-7-12(17)15(11)16)8-14-19-9-20-21(14)10(2)3/h5-7,9-10,13,18H,4,8H2,1-3H3. The highest BCUT2D eigenvalue weighted by Gasteiger charge is 2.19. The van der Waals surface area contributed by atoms with Crippen LogP contribution in [0.5, 0.6) is 0 Å². The van der Waals surface area contributed by atoms with Crippen LogP contribution in [0.4, 0.5) is 4.39 Å². The molecule has 0 aliphatic carbocycles. The molecule has 0 fully saturated rings. The van der Waals surface area contributed by atoms with E-state index in [0.717, 1.165) is 17.9 Å². The summed E-state index contributed by atoms with van der Waals surface area (Å²) < 4.78 is 15.5. The van der Waals surface area contributed by atoms with Gasteiger partial charge in [0.15, 0.2) is 0 Å². The Morgan fingerprint density at radius 3 is 2.81 bits per heavy atom. The SMILES string of the molecule is CCNC(Cc1ncnn1C(C)C)c1cccc(F)c1Cl. The van der Waals surface area contributed by atoms with E-state index in [2.05, 4.69) is 29.2 Å². The second-order valence-corrected chi connectivity index (χ2v) is 5.55. The Balaban J connectivity index is 2.31. The minimum absolute atomic E-state index is 0.0973. The summed E-state index contributed by atoms with van der Waals surface area (Å²) in [4.78, 5) is 4.31. The van der Waals surface area contributed by atoms with Crippen LogP contribution in [0.25, 0.3) is 0 Å². The van der Waals surface area contributed by atoms with Crippen LogP contribution >= 0.6 is 11.6 Å². The third-order valence-electron chi connectivity index (χ3n) is 3.33. The Kier molecular flexibility index (Phi) is 5.31. The van der Waals surface area contributed by atoms with Gasteiger partial charge in [0.1, 0.15) is 18.0 Å². The van der Waals surface area contributed by atoms with Crippen LogP contribution in [0.1, 0.15) is 44.2 Å². The molecule has 0 amide bonds. The zero-order valence-corrected chi connectivity index (χ0v) is 13.2. The zero-order valence-electron chi connectivity index (χ0n) is 12.5. The van der Waals surface area contributed by atoms with Gasteiger partial charge in [-0.25, -0.2) is 14.1 Å². The van der Waals surface area contributed by atoms with Crippen molar-refractivity contribution < 1.29 is 4.39 Å². The molecule has 1 aromatic heterocycles. The van der Waals surface area contributed by atoms with Crippen molar-refractivity contribution in [3.05, 3.63) is 46.8 Å². The minimum Gasteiger partial charge on any atom is -0.310 e. The van der Waals surface area contributed by atoms with Gasteiger partial charge in [0.25, 0.3) is 0 Å². The number of halogens is 2. The highest BCUT2D eigenvalue weighted by Crippen LogP contribution is 2.28. The molecule has 1 N–H and O–H groups in total. The molecule has 1 atom stereocenters. The fourth-order valence-corrected chi connectivity index (χ4v) is 2.62. The van der Waals surface area contributed by atoms with E-state index in [1.807, 2.05) is 17.7 Å². The van der Waals surface area contributed by atoms with Gasteiger partial charge in [-0.3, -0.25) is 0 Å². The first-order valence-electron chi connectivity index (χ1n) is 7.10. The molecule has 0 bridgehead atoms. The first-order chi connectivity index (χ1) is 10.0. The fraction of sp³-hybridized carbons (Fsp3) is 0.467. The van der Waals surface area contributed by atoms with Crippen molar-refractivity contribution in [3.63, 3.8) is 0 Å². The van der Waals surface area contributed by atoms with Crippen molar-refractivity contribution in [1.82, 2.24) is 20.1 Å². The summed E-state index contributed by atoms with van der Waals surface area (Å²) in [6.07, 6.45) is 2.15. The molecule has 0 radical (unpaired) electrons. The molecule has 0 aliphatic heterocycles. The Bertz CT molecular complexity index is 597. The normalized spacial score (nSPS) is 12.9. The Hall–Kier alpha value is -1.46. The fourth-order valence-electron chi connectivity index (χ4n) is 2.36. The van der Waals surface area contributed by atoms with Crippen LogP contribution in [-0.2, 0) is 6.42 Å². The largest absolute Gasteiger partial charge is 0.310 e. The number of rotatable bonds is 6. The van der Waals surface area contributed by atoms with E-state index in [-0.39, 0.29) is 17.1 Å². The van der Waals surface area contributed by atoms with E-state index >= 15 is 0 Å².